The van der Waals surface area contributed by atoms with Gasteiger partial charge in [0, 0.05) is 24.8 Å². The normalized spacial score (nSPS) is 17.0. The number of nitrogens with one attached hydrogen (secondary N) is 1. The first-order valence-electron chi connectivity index (χ1n) is 10.7. The van der Waals surface area contributed by atoms with Gasteiger partial charge < -0.3 is 15.0 Å². The molecule has 7 heteroatoms. The Morgan fingerprint density at radius 2 is 1.85 bits per heavy atom. The Morgan fingerprint density at radius 3 is 2.45 bits per heavy atom. The van der Waals surface area contributed by atoms with Crippen molar-refractivity contribution in [2.45, 2.75) is 32.4 Å². The van der Waals surface area contributed by atoms with Gasteiger partial charge in [-0.1, -0.05) is 18.2 Å². The van der Waals surface area contributed by atoms with E-state index in [1.807, 2.05) is 36.1 Å². The van der Waals surface area contributed by atoms with Gasteiger partial charge in [0.05, 0.1) is 24.3 Å². The molecule has 0 fully saturated rings. The number of ether oxygens (including phenoxy) is 1. The fraction of sp³-hybridized carbons (Fsp3) is 0.231. The Labute approximate surface area is 192 Å². The third-order valence-corrected chi connectivity index (χ3v) is 5.87. The minimum Gasteiger partial charge on any atom is -0.465 e. The van der Waals surface area contributed by atoms with E-state index in [1.165, 1.54) is 13.3 Å². The smallest absolute Gasteiger partial charge is 0.337 e. The van der Waals surface area contributed by atoms with Crippen LogP contribution in [0.1, 0.15) is 47.8 Å². The lowest BCUT2D eigenvalue weighted by Gasteiger charge is -2.39. The highest BCUT2D eigenvalue weighted by Crippen LogP contribution is 2.41. The van der Waals surface area contributed by atoms with Crippen LogP contribution in [0.25, 0.3) is 11.1 Å². The maximum atomic E-state index is 12.4. The third-order valence-electron chi connectivity index (χ3n) is 5.87. The number of nitrogens with zero attached hydrogens (tertiary/aromatic N) is 3. The van der Waals surface area contributed by atoms with Crippen molar-refractivity contribution < 1.29 is 14.3 Å². The van der Waals surface area contributed by atoms with Gasteiger partial charge >= 0.3 is 5.97 Å². The van der Waals surface area contributed by atoms with E-state index < -0.39 is 0 Å². The van der Waals surface area contributed by atoms with Crippen LogP contribution in [0.3, 0.4) is 0 Å². The highest BCUT2D eigenvalue weighted by atomic mass is 16.5. The number of fused-ring (bicyclic) bond motifs is 1. The van der Waals surface area contributed by atoms with Gasteiger partial charge in [-0.3, -0.25) is 4.79 Å². The Balaban J connectivity index is 1.72. The molecule has 2 heterocycles. The molecule has 166 valence electrons. The molecule has 4 rings (SSSR count). The van der Waals surface area contributed by atoms with Crippen LogP contribution in [0.5, 0.6) is 0 Å². The Kier molecular flexibility index (Phi) is 6.09. The van der Waals surface area contributed by atoms with Gasteiger partial charge in [0.2, 0.25) is 5.91 Å². The molecule has 0 bridgehead atoms. The second-order valence-electron chi connectivity index (χ2n) is 8.06. The highest BCUT2D eigenvalue weighted by molar-refractivity contribution is 5.94. The molecule has 0 unspecified atom stereocenters. The highest BCUT2D eigenvalue weighted by Gasteiger charge is 2.32. The summed E-state index contributed by atoms with van der Waals surface area (Å²) in [6.45, 7) is 3.61. The van der Waals surface area contributed by atoms with E-state index in [4.69, 9.17) is 10.00 Å². The average Bonchev–Trinajstić information content (AvgIpc) is 2.83. The molecule has 0 saturated carbocycles. The Bertz CT molecular complexity index is 1230. The van der Waals surface area contributed by atoms with Crippen molar-refractivity contribution in [2.24, 2.45) is 0 Å². The molecule has 1 aromatic heterocycles. The molecule has 0 saturated heterocycles. The fourth-order valence-electron chi connectivity index (χ4n) is 4.30. The first-order chi connectivity index (χ1) is 15.9. The lowest BCUT2D eigenvalue weighted by molar-refractivity contribution is -0.117. The summed E-state index contributed by atoms with van der Waals surface area (Å²) in [6.07, 6.45) is 2.25. The van der Waals surface area contributed by atoms with Crippen LogP contribution >= 0.6 is 0 Å². The van der Waals surface area contributed by atoms with Crippen LogP contribution in [-0.4, -0.2) is 30.0 Å². The van der Waals surface area contributed by atoms with Crippen molar-refractivity contribution >= 4 is 23.4 Å². The quantitative estimate of drug-likeness (QED) is 0.591. The van der Waals surface area contributed by atoms with Crippen molar-refractivity contribution in [3.05, 3.63) is 77.5 Å². The van der Waals surface area contributed by atoms with Crippen molar-refractivity contribution in [1.82, 2.24) is 4.98 Å². The third kappa shape index (κ3) is 4.41. The predicted molar refractivity (Wildman–Crippen MR) is 126 cm³/mol. The lowest BCUT2D eigenvalue weighted by atomic mass is 9.89. The number of pyridine rings is 1. The molecule has 0 aliphatic carbocycles. The SMILES string of the molecule is COC(=O)c1ccc(-c2ccc3c(c2)[C@H](Nc2ccc(C#N)cn2)C[C@H](C)N3C(C)=O)cc1. The number of anilines is 2. The summed E-state index contributed by atoms with van der Waals surface area (Å²) in [4.78, 5) is 30.3. The summed E-state index contributed by atoms with van der Waals surface area (Å²) < 4.78 is 4.78. The summed E-state index contributed by atoms with van der Waals surface area (Å²) >= 11 is 0. The Morgan fingerprint density at radius 1 is 1.12 bits per heavy atom. The standard InChI is InChI=1S/C26H24N4O3/c1-16-12-23(29-25-11-4-18(14-27)15-28-25)22-13-21(9-10-24(22)30(16)17(2)31)19-5-7-20(8-6-19)26(32)33-3/h4-11,13,15-16,23H,12H2,1-3H3,(H,28,29)/t16-,23+/m0/s1. The van der Waals surface area contributed by atoms with Crippen molar-refractivity contribution in [3.63, 3.8) is 0 Å². The average molecular weight is 441 g/mol. The fourth-order valence-corrected chi connectivity index (χ4v) is 4.30. The lowest BCUT2D eigenvalue weighted by Crippen LogP contribution is -2.43. The maximum absolute atomic E-state index is 12.4. The number of carbonyl (C=O) groups is 2. The molecule has 3 aromatic rings. The van der Waals surface area contributed by atoms with E-state index in [1.54, 1.807) is 31.2 Å². The number of methoxy groups -OCH3 is 1. The van der Waals surface area contributed by atoms with E-state index >= 15 is 0 Å². The van der Waals surface area contributed by atoms with Gasteiger partial charge in [0.15, 0.2) is 0 Å². The first-order valence-corrected chi connectivity index (χ1v) is 10.7. The van der Waals surface area contributed by atoms with Gasteiger partial charge in [-0.05, 0) is 66.4 Å². The minimum atomic E-state index is -0.378. The predicted octanol–water partition coefficient (Wildman–Crippen LogP) is 4.71. The molecule has 0 radical (unpaired) electrons. The summed E-state index contributed by atoms with van der Waals surface area (Å²) in [6, 6.07) is 18.8. The summed E-state index contributed by atoms with van der Waals surface area (Å²) in [5, 5.41) is 12.5. The van der Waals surface area contributed by atoms with Gasteiger partial charge in [-0.2, -0.15) is 5.26 Å². The molecule has 2 atom stereocenters. The second-order valence-corrected chi connectivity index (χ2v) is 8.06. The van der Waals surface area contributed by atoms with Gasteiger partial charge in [0.1, 0.15) is 11.9 Å². The molecule has 1 aliphatic rings. The summed E-state index contributed by atoms with van der Waals surface area (Å²) in [7, 11) is 1.36. The van der Waals surface area contributed by atoms with Crippen LogP contribution in [0.15, 0.2) is 60.8 Å². The minimum absolute atomic E-state index is 0.00567. The summed E-state index contributed by atoms with van der Waals surface area (Å²) in [5.41, 5.74) is 4.77. The summed E-state index contributed by atoms with van der Waals surface area (Å²) in [5.74, 6) is 0.285. The topological polar surface area (TPSA) is 95.3 Å². The largest absolute Gasteiger partial charge is 0.465 e. The number of esters is 1. The second kappa shape index (κ2) is 9.13. The van der Waals surface area contributed by atoms with Crippen molar-refractivity contribution in [2.75, 3.05) is 17.3 Å². The molecule has 7 nitrogen and oxygen atoms in total. The van der Waals surface area contributed by atoms with Crippen molar-refractivity contribution in [3.8, 4) is 17.2 Å². The number of benzene rings is 2. The molecule has 33 heavy (non-hydrogen) atoms. The molecule has 1 amide bonds. The van der Waals surface area contributed by atoms with Crippen LogP contribution in [-0.2, 0) is 9.53 Å². The van der Waals surface area contributed by atoms with E-state index in [0.717, 1.165) is 22.4 Å². The molecular weight excluding hydrogens is 416 g/mol. The van der Waals surface area contributed by atoms with Gasteiger partial charge in [-0.15, -0.1) is 0 Å². The zero-order valence-electron chi connectivity index (χ0n) is 18.7. The molecular formula is C26H24N4O3. The first kappa shape index (κ1) is 22.0. The van der Waals surface area contributed by atoms with E-state index in [-0.39, 0.29) is 24.0 Å². The van der Waals surface area contributed by atoms with Gasteiger partial charge in [-0.25, -0.2) is 9.78 Å². The monoisotopic (exact) mass is 440 g/mol. The van der Waals surface area contributed by atoms with Crippen LogP contribution < -0.4 is 10.2 Å². The molecule has 2 aromatic carbocycles. The van der Waals surface area contributed by atoms with E-state index in [9.17, 15) is 9.59 Å². The number of carbonyl (C=O) groups excluding carboxylic acids is 2. The maximum Gasteiger partial charge on any atom is 0.337 e. The Hall–Kier alpha value is -4.18. The zero-order valence-corrected chi connectivity index (χ0v) is 18.7. The molecule has 0 spiro atoms. The van der Waals surface area contributed by atoms with Crippen molar-refractivity contribution in [1.29, 1.82) is 5.26 Å². The van der Waals surface area contributed by atoms with Crippen LogP contribution in [0.4, 0.5) is 11.5 Å². The number of hydrogen-bond donors (Lipinski definition) is 1. The number of rotatable bonds is 4. The number of hydrogen-bond acceptors (Lipinski definition) is 6. The number of aromatic nitrogens is 1. The van der Waals surface area contributed by atoms with E-state index in [2.05, 4.69) is 22.4 Å². The molecule has 1 N–H and O–H groups in total. The zero-order chi connectivity index (χ0) is 23.5. The van der Waals surface area contributed by atoms with E-state index in [0.29, 0.717) is 23.4 Å². The van der Waals surface area contributed by atoms with Crippen LogP contribution in [0, 0.1) is 11.3 Å². The van der Waals surface area contributed by atoms with Crippen LogP contribution in [0.2, 0.25) is 0 Å². The number of nitriles is 1. The number of amides is 1. The van der Waals surface area contributed by atoms with Gasteiger partial charge in [0.25, 0.3) is 0 Å². The molecule has 1 aliphatic heterocycles.